The number of quaternary nitrogens is 1. The number of allylic oxidation sites excluding steroid dienone is 1. The van der Waals surface area contributed by atoms with Crippen LogP contribution in [0.1, 0.15) is 15.9 Å². The Kier molecular flexibility index (Phi) is 6.16. The molecular weight excluding hydrogens is 380 g/mol. The Bertz CT molecular complexity index is 1060. The second kappa shape index (κ2) is 9.15. The van der Waals surface area contributed by atoms with Crippen LogP contribution in [0.25, 0.3) is 17.0 Å². The maximum absolute atomic E-state index is 12.7. The summed E-state index contributed by atoms with van der Waals surface area (Å²) in [6, 6.07) is 13.5. The van der Waals surface area contributed by atoms with Gasteiger partial charge in [-0.15, -0.1) is 0 Å². The minimum absolute atomic E-state index is 0.0772. The quantitative estimate of drug-likeness (QED) is 0.483. The number of methoxy groups -OCH3 is 2. The highest BCUT2D eigenvalue weighted by Crippen LogP contribution is 2.28. The molecule has 2 aromatic carbocycles. The number of fused-ring (bicyclic) bond motifs is 1. The van der Waals surface area contributed by atoms with Crippen LogP contribution in [-0.4, -0.2) is 50.9 Å². The van der Waals surface area contributed by atoms with Crippen molar-refractivity contribution >= 4 is 22.8 Å². The van der Waals surface area contributed by atoms with Gasteiger partial charge < -0.3 is 19.1 Å². The van der Waals surface area contributed by atoms with Crippen molar-refractivity contribution in [1.29, 1.82) is 0 Å². The van der Waals surface area contributed by atoms with Gasteiger partial charge in [0.2, 0.25) is 0 Å². The summed E-state index contributed by atoms with van der Waals surface area (Å²) in [5.41, 5.74) is 2.77. The van der Waals surface area contributed by atoms with Crippen LogP contribution in [0.3, 0.4) is 0 Å². The zero-order valence-corrected chi connectivity index (χ0v) is 17.4. The minimum Gasteiger partial charge on any atom is -0.493 e. The molecule has 6 heteroatoms. The summed E-state index contributed by atoms with van der Waals surface area (Å²) in [6.07, 6.45) is 5.65. The number of nitrogens with one attached hydrogen (secondary N) is 1. The number of ketones is 1. The fraction of sp³-hybridized carbons (Fsp3) is 0.292. The first kappa shape index (κ1) is 20.2. The Morgan fingerprint density at radius 3 is 2.63 bits per heavy atom. The number of nitrogens with zero attached hydrogens (tertiary/aromatic N) is 1. The van der Waals surface area contributed by atoms with E-state index in [4.69, 9.17) is 14.2 Å². The summed E-state index contributed by atoms with van der Waals surface area (Å²) in [6.45, 7) is 4.52. The Morgan fingerprint density at radius 2 is 1.87 bits per heavy atom. The molecule has 1 aliphatic heterocycles. The first-order valence-corrected chi connectivity index (χ1v) is 10.1. The summed E-state index contributed by atoms with van der Waals surface area (Å²) < 4.78 is 18.3. The Hall–Kier alpha value is -3.09. The monoisotopic (exact) mass is 407 g/mol. The molecule has 0 bridgehead atoms. The molecule has 0 unspecified atom stereocenters. The van der Waals surface area contributed by atoms with Gasteiger partial charge >= 0.3 is 0 Å². The predicted molar refractivity (Wildman–Crippen MR) is 116 cm³/mol. The van der Waals surface area contributed by atoms with E-state index in [0.717, 1.165) is 43.9 Å². The summed E-state index contributed by atoms with van der Waals surface area (Å²) in [5.74, 6) is 1.07. The lowest BCUT2D eigenvalue weighted by Gasteiger charge is -2.24. The molecule has 0 spiro atoms. The Labute approximate surface area is 176 Å². The number of para-hydroxylation sites is 1. The van der Waals surface area contributed by atoms with Crippen LogP contribution in [0.4, 0.5) is 0 Å². The van der Waals surface area contributed by atoms with Crippen LogP contribution < -0.4 is 14.4 Å². The van der Waals surface area contributed by atoms with Crippen molar-refractivity contribution in [1.82, 2.24) is 4.57 Å². The molecule has 1 fully saturated rings. The van der Waals surface area contributed by atoms with E-state index in [-0.39, 0.29) is 5.78 Å². The van der Waals surface area contributed by atoms with Gasteiger partial charge in [0.15, 0.2) is 24.0 Å². The van der Waals surface area contributed by atoms with Crippen molar-refractivity contribution in [3.8, 4) is 11.5 Å². The molecule has 1 aliphatic rings. The van der Waals surface area contributed by atoms with E-state index >= 15 is 0 Å². The molecule has 0 radical (unpaired) electrons. The smallest absolute Gasteiger partial charge is 0.185 e. The van der Waals surface area contributed by atoms with Gasteiger partial charge in [-0.25, -0.2) is 0 Å². The Morgan fingerprint density at radius 1 is 1.10 bits per heavy atom. The third-order valence-electron chi connectivity index (χ3n) is 5.50. The van der Waals surface area contributed by atoms with Crippen LogP contribution in [0.5, 0.6) is 11.5 Å². The third-order valence-corrected chi connectivity index (χ3v) is 5.50. The topological polar surface area (TPSA) is 54.1 Å². The van der Waals surface area contributed by atoms with Crippen molar-refractivity contribution in [3.05, 3.63) is 65.9 Å². The lowest BCUT2D eigenvalue weighted by Crippen LogP contribution is -3.13. The van der Waals surface area contributed by atoms with Crippen molar-refractivity contribution in [2.75, 3.05) is 40.5 Å². The molecule has 4 rings (SSSR count). The van der Waals surface area contributed by atoms with E-state index < -0.39 is 0 Å². The molecule has 3 aromatic rings. The number of ether oxygens (including phenoxy) is 3. The maximum Gasteiger partial charge on any atom is 0.185 e. The van der Waals surface area contributed by atoms with Crippen LogP contribution in [0.2, 0.25) is 0 Å². The summed E-state index contributed by atoms with van der Waals surface area (Å²) in [5, 5.41) is 1.14. The molecule has 156 valence electrons. The van der Waals surface area contributed by atoms with Gasteiger partial charge in [-0.1, -0.05) is 18.2 Å². The number of hydrogen-bond acceptors (Lipinski definition) is 4. The van der Waals surface area contributed by atoms with E-state index in [0.29, 0.717) is 17.1 Å². The predicted octanol–water partition coefficient (Wildman–Crippen LogP) is 2.43. The van der Waals surface area contributed by atoms with Gasteiger partial charge in [-0.3, -0.25) is 9.36 Å². The van der Waals surface area contributed by atoms with Crippen LogP contribution >= 0.6 is 0 Å². The molecule has 1 aromatic heterocycles. The Balaban J connectivity index is 1.58. The van der Waals surface area contributed by atoms with Gasteiger partial charge in [0.05, 0.1) is 33.0 Å². The number of hydrogen-bond donors (Lipinski definition) is 1. The summed E-state index contributed by atoms with van der Waals surface area (Å²) in [4.78, 5) is 14.2. The number of morpholine rings is 1. The summed E-state index contributed by atoms with van der Waals surface area (Å²) >= 11 is 0. The number of rotatable bonds is 7. The highest BCUT2D eigenvalue weighted by molar-refractivity contribution is 6.08. The number of carbonyl (C=O) groups is 1. The van der Waals surface area contributed by atoms with Crippen LogP contribution in [0, 0.1) is 0 Å². The molecule has 0 amide bonds. The molecule has 0 saturated carbocycles. The first-order valence-electron chi connectivity index (χ1n) is 10.1. The largest absolute Gasteiger partial charge is 0.493 e. The van der Waals surface area contributed by atoms with E-state index in [9.17, 15) is 4.79 Å². The standard InChI is InChI=1S/C24H26N2O4/c1-28-23-10-8-18(15-24(23)29-2)22(27)9-7-19-16-26(17-25-11-13-30-14-12-25)21-6-4-3-5-20(19)21/h3-10,15-16H,11-14,17H2,1-2H3/p+1/b9-7+. The molecular formula is C24H27N2O4+. The SMILES string of the molecule is COc1ccc(C(=O)/C=C/c2cn(C[NH+]3CCOCC3)c3ccccc23)cc1OC. The van der Waals surface area contributed by atoms with Crippen LogP contribution in [-0.2, 0) is 11.4 Å². The maximum atomic E-state index is 12.7. The molecule has 30 heavy (non-hydrogen) atoms. The van der Waals surface area contributed by atoms with Crippen LogP contribution in [0.15, 0.2) is 54.7 Å². The highest BCUT2D eigenvalue weighted by Gasteiger charge is 2.16. The zero-order chi connectivity index (χ0) is 20.9. The summed E-state index contributed by atoms with van der Waals surface area (Å²) in [7, 11) is 3.14. The number of carbonyl (C=O) groups excluding carboxylic acids is 1. The number of aromatic nitrogens is 1. The van der Waals surface area contributed by atoms with E-state index in [2.05, 4.69) is 29.0 Å². The highest BCUT2D eigenvalue weighted by atomic mass is 16.5. The fourth-order valence-electron chi connectivity index (χ4n) is 3.85. The van der Waals surface area contributed by atoms with Gasteiger partial charge in [-0.05, 0) is 36.4 Å². The minimum atomic E-state index is -0.0772. The average molecular weight is 407 g/mol. The molecule has 0 aliphatic carbocycles. The van der Waals surface area contributed by atoms with Crippen molar-refractivity contribution < 1.29 is 23.9 Å². The van der Waals surface area contributed by atoms with E-state index in [1.54, 1.807) is 38.5 Å². The number of benzene rings is 2. The normalized spacial score (nSPS) is 15.0. The molecule has 1 saturated heterocycles. The second-order valence-electron chi connectivity index (χ2n) is 7.36. The average Bonchev–Trinajstić information content (AvgIpc) is 3.15. The molecule has 6 nitrogen and oxygen atoms in total. The van der Waals surface area contributed by atoms with Gasteiger partial charge in [0.25, 0.3) is 0 Å². The van der Waals surface area contributed by atoms with Crippen molar-refractivity contribution in [2.45, 2.75) is 6.67 Å². The van der Waals surface area contributed by atoms with E-state index in [1.807, 2.05) is 12.1 Å². The molecule has 1 N–H and O–H groups in total. The fourth-order valence-corrected chi connectivity index (χ4v) is 3.85. The lowest BCUT2D eigenvalue weighted by molar-refractivity contribution is -0.929. The van der Waals surface area contributed by atoms with Gasteiger partial charge in [0, 0.05) is 22.7 Å². The van der Waals surface area contributed by atoms with Gasteiger partial charge in [-0.2, -0.15) is 0 Å². The second-order valence-corrected chi connectivity index (χ2v) is 7.36. The lowest BCUT2D eigenvalue weighted by atomic mass is 10.1. The van der Waals surface area contributed by atoms with Crippen molar-refractivity contribution in [2.24, 2.45) is 0 Å². The molecule has 0 atom stereocenters. The zero-order valence-electron chi connectivity index (χ0n) is 17.4. The van der Waals surface area contributed by atoms with E-state index in [1.165, 1.54) is 10.4 Å². The van der Waals surface area contributed by atoms with Crippen molar-refractivity contribution in [3.63, 3.8) is 0 Å². The third kappa shape index (κ3) is 4.25. The first-order chi connectivity index (χ1) is 14.7. The molecule has 2 heterocycles. The van der Waals surface area contributed by atoms with Gasteiger partial charge in [0.1, 0.15) is 13.1 Å².